The fraction of sp³-hybridized carbons (Fsp3) is 1.00. The molecule has 1 rings (SSSR count). The normalized spacial score (nSPS) is 19.2. The molecule has 1 aliphatic rings. The molecule has 19 heavy (non-hydrogen) atoms. The lowest BCUT2D eigenvalue weighted by Crippen LogP contribution is -2.47. The number of hydrogen-bond donors (Lipinski definition) is 1. The molecule has 0 bridgehead atoms. The van der Waals surface area contributed by atoms with E-state index in [2.05, 4.69) is 12.2 Å². The largest absolute Gasteiger partial charge is 0.383 e. The number of hydrogen-bond acceptors (Lipinski definition) is 4. The molecular formula is C12H27N3O3S. The van der Waals surface area contributed by atoms with Crippen LogP contribution in [-0.4, -0.2) is 70.5 Å². The lowest BCUT2D eigenvalue weighted by molar-refractivity contribution is 0.180. The molecule has 1 heterocycles. The molecule has 0 saturated carbocycles. The van der Waals surface area contributed by atoms with Gasteiger partial charge < -0.3 is 10.1 Å². The van der Waals surface area contributed by atoms with E-state index in [0.717, 1.165) is 25.9 Å². The monoisotopic (exact) mass is 293 g/mol. The number of rotatable bonds is 8. The summed E-state index contributed by atoms with van der Waals surface area (Å²) in [7, 11) is -0.126. The third kappa shape index (κ3) is 5.00. The average Bonchev–Trinajstić information content (AvgIpc) is 2.42. The van der Waals surface area contributed by atoms with Crippen LogP contribution in [0.5, 0.6) is 0 Å². The molecule has 1 saturated heterocycles. The predicted octanol–water partition coefficient (Wildman–Crippen LogP) is 0.131. The highest BCUT2D eigenvalue weighted by Gasteiger charge is 2.30. The zero-order chi connectivity index (χ0) is 14.3. The summed E-state index contributed by atoms with van der Waals surface area (Å²) in [6, 6.07) is 0. The minimum atomic E-state index is -3.31. The van der Waals surface area contributed by atoms with Crippen molar-refractivity contribution in [1.29, 1.82) is 0 Å². The van der Waals surface area contributed by atoms with Gasteiger partial charge in [-0.25, -0.2) is 0 Å². The first kappa shape index (κ1) is 16.8. The molecule has 1 N–H and O–H groups in total. The van der Waals surface area contributed by atoms with E-state index in [1.807, 2.05) is 0 Å². The van der Waals surface area contributed by atoms with E-state index in [1.165, 1.54) is 4.31 Å². The Bertz CT molecular complexity index is 340. The first-order chi connectivity index (χ1) is 9.02. The zero-order valence-electron chi connectivity index (χ0n) is 12.3. The molecule has 114 valence electrons. The number of nitrogens with zero attached hydrogens (tertiary/aromatic N) is 2. The number of likely N-dealkylation sites (N-methyl/N-ethyl adjacent to an activating group) is 1. The second kappa shape index (κ2) is 8.16. The van der Waals surface area contributed by atoms with Crippen LogP contribution in [0, 0.1) is 5.92 Å². The van der Waals surface area contributed by atoms with Crippen molar-refractivity contribution >= 4 is 10.2 Å². The van der Waals surface area contributed by atoms with Crippen molar-refractivity contribution in [3.8, 4) is 0 Å². The fourth-order valence-electron chi connectivity index (χ4n) is 2.22. The Morgan fingerprint density at radius 3 is 2.53 bits per heavy atom. The van der Waals surface area contributed by atoms with E-state index < -0.39 is 10.2 Å². The molecule has 0 unspecified atom stereocenters. The van der Waals surface area contributed by atoms with Gasteiger partial charge in [0, 0.05) is 33.8 Å². The van der Waals surface area contributed by atoms with Crippen LogP contribution in [0.25, 0.3) is 0 Å². The van der Waals surface area contributed by atoms with Gasteiger partial charge in [0.25, 0.3) is 10.2 Å². The highest BCUT2D eigenvalue weighted by Crippen LogP contribution is 2.20. The van der Waals surface area contributed by atoms with E-state index in [1.54, 1.807) is 18.5 Å². The average molecular weight is 293 g/mol. The maximum atomic E-state index is 12.3. The van der Waals surface area contributed by atoms with E-state index in [4.69, 9.17) is 4.74 Å². The highest BCUT2D eigenvalue weighted by molar-refractivity contribution is 7.86. The number of methoxy groups -OCH3 is 1. The Labute approximate surface area is 117 Å². The first-order valence-corrected chi connectivity index (χ1v) is 8.33. The molecule has 0 aromatic rings. The molecule has 1 aliphatic heterocycles. The highest BCUT2D eigenvalue weighted by atomic mass is 32.2. The van der Waals surface area contributed by atoms with Gasteiger partial charge in [-0.2, -0.15) is 17.0 Å². The molecule has 0 aliphatic carbocycles. The van der Waals surface area contributed by atoms with E-state index >= 15 is 0 Å². The maximum absolute atomic E-state index is 12.3. The Balaban J connectivity index is 2.44. The molecule has 0 aromatic heterocycles. The molecule has 0 spiro atoms. The summed E-state index contributed by atoms with van der Waals surface area (Å²) < 4.78 is 32.5. The molecule has 1 fully saturated rings. The summed E-state index contributed by atoms with van der Waals surface area (Å²) in [5.74, 6) is 0.593. The van der Waals surface area contributed by atoms with E-state index in [0.29, 0.717) is 32.2 Å². The summed E-state index contributed by atoms with van der Waals surface area (Å²) in [5, 5.41) is 3.33. The number of ether oxygens (including phenoxy) is 1. The van der Waals surface area contributed by atoms with Crippen LogP contribution in [0.2, 0.25) is 0 Å². The van der Waals surface area contributed by atoms with E-state index in [9.17, 15) is 8.42 Å². The van der Waals surface area contributed by atoms with Crippen LogP contribution < -0.4 is 5.32 Å². The Kier molecular flexibility index (Phi) is 7.23. The summed E-state index contributed by atoms with van der Waals surface area (Å²) in [6.45, 7) is 6.11. The van der Waals surface area contributed by atoms with Gasteiger partial charge in [-0.05, 0) is 31.8 Å². The number of piperidine rings is 1. The summed E-state index contributed by atoms with van der Waals surface area (Å²) in [4.78, 5) is 0. The molecular weight excluding hydrogens is 266 g/mol. The molecule has 0 aromatic carbocycles. The summed E-state index contributed by atoms with van der Waals surface area (Å²) in [5.41, 5.74) is 0. The van der Waals surface area contributed by atoms with Gasteiger partial charge in [0.1, 0.15) is 0 Å². The van der Waals surface area contributed by atoms with E-state index in [-0.39, 0.29) is 0 Å². The van der Waals surface area contributed by atoms with Crippen LogP contribution in [0.1, 0.15) is 19.8 Å². The first-order valence-electron chi connectivity index (χ1n) is 6.93. The Morgan fingerprint density at radius 1 is 1.37 bits per heavy atom. The fourth-order valence-corrected chi connectivity index (χ4v) is 3.60. The van der Waals surface area contributed by atoms with Crippen molar-refractivity contribution in [2.75, 3.05) is 53.5 Å². The zero-order valence-corrected chi connectivity index (χ0v) is 13.1. The van der Waals surface area contributed by atoms with Crippen molar-refractivity contribution in [3.05, 3.63) is 0 Å². The summed E-state index contributed by atoms with van der Waals surface area (Å²) >= 11 is 0. The third-order valence-electron chi connectivity index (χ3n) is 3.59. The van der Waals surface area contributed by atoms with Crippen LogP contribution in [0.4, 0.5) is 0 Å². The lowest BCUT2D eigenvalue weighted by atomic mass is 9.98. The molecule has 7 heteroatoms. The van der Waals surface area contributed by atoms with Crippen molar-refractivity contribution in [1.82, 2.24) is 13.9 Å². The van der Waals surface area contributed by atoms with Crippen LogP contribution in [-0.2, 0) is 14.9 Å². The van der Waals surface area contributed by atoms with Crippen LogP contribution >= 0.6 is 0 Å². The Morgan fingerprint density at radius 2 is 2.00 bits per heavy atom. The van der Waals surface area contributed by atoms with Crippen LogP contribution in [0.15, 0.2) is 0 Å². The third-order valence-corrected chi connectivity index (χ3v) is 5.57. The second-order valence-electron chi connectivity index (χ2n) is 4.97. The number of nitrogens with one attached hydrogen (secondary N) is 1. The standard InChI is InChI=1S/C12H27N3O3S/c1-4-13-11-12-5-7-15(8-6-12)19(16,17)14(2)9-10-18-3/h12-13H,4-11H2,1-3H3. The van der Waals surface area contributed by atoms with Gasteiger partial charge in [0.15, 0.2) is 0 Å². The summed E-state index contributed by atoms with van der Waals surface area (Å²) in [6.07, 6.45) is 1.87. The molecule has 0 radical (unpaired) electrons. The van der Waals surface area contributed by atoms with Crippen molar-refractivity contribution < 1.29 is 13.2 Å². The lowest BCUT2D eigenvalue weighted by Gasteiger charge is -2.33. The van der Waals surface area contributed by atoms with Gasteiger partial charge in [-0.1, -0.05) is 6.92 Å². The minimum Gasteiger partial charge on any atom is -0.383 e. The van der Waals surface area contributed by atoms with Gasteiger partial charge in [0.2, 0.25) is 0 Å². The molecule has 0 amide bonds. The molecule has 0 atom stereocenters. The van der Waals surface area contributed by atoms with Gasteiger partial charge >= 0.3 is 0 Å². The minimum absolute atomic E-state index is 0.399. The Hall–Kier alpha value is -0.210. The van der Waals surface area contributed by atoms with Gasteiger partial charge in [-0.3, -0.25) is 0 Å². The van der Waals surface area contributed by atoms with Gasteiger partial charge in [0.05, 0.1) is 6.61 Å². The van der Waals surface area contributed by atoms with Crippen LogP contribution in [0.3, 0.4) is 0 Å². The SMILES string of the molecule is CCNCC1CCN(S(=O)(=O)N(C)CCOC)CC1. The van der Waals surface area contributed by atoms with Gasteiger partial charge in [-0.15, -0.1) is 0 Å². The molecule has 6 nitrogen and oxygen atoms in total. The maximum Gasteiger partial charge on any atom is 0.281 e. The predicted molar refractivity (Wildman–Crippen MR) is 76.3 cm³/mol. The smallest absolute Gasteiger partial charge is 0.281 e. The van der Waals surface area contributed by atoms with Crippen molar-refractivity contribution in [3.63, 3.8) is 0 Å². The quantitative estimate of drug-likeness (QED) is 0.691. The van der Waals surface area contributed by atoms with Crippen molar-refractivity contribution in [2.45, 2.75) is 19.8 Å². The van der Waals surface area contributed by atoms with Crippen molar-refractivity contribution in [2.24, 2.45) is 5.92 Å². The topological polar surface area (TPSA) is 61.9 Å². The second-order valence-corrected chi connectivity index (χ2v) is 7.01.